The number of phosphoric ester groups is 2. The molecule has 0 heterocycles. The first kappa shape index (κ1) is 90.5. The molecular weight excluding hydrogens is 1230 g/mol. The normalized spacial score (nSPS) is 14.4. The van der Waals surface area contributed by atoms with Crippen molar-refractivity contribution in [3.8, 4) is 0 Å². The topological polar surface area (TPSA) is 237 Å². The summed E-state index contributed by atoms with van der Waals surface area (Å²) in [6.45, 7) is 4.70. The molecule has 0 saturated carbocycles. The van der Waals surface area contributed by atoms with E-state index in [4.69, 9.17) is 37.0 Å². The van der Waals surface area contributed by atoms with Gasteiger partial charge in [0.05, 0.1) is 26.4 Å². The van der Waals surface area contributed by atoms with Crippen molar-refractivity contribution in [3.05, 3.63) is 72.9 Å². The predicted octanol–water partition coefficient (Wildman–Crippen LogP) is 20.9. The first-order chi connectivity index (χ1) is 45.7. The van der Waals surface area contributed by atoms with Crippen LogP contribution >= 0.6 is 15.6 Å². The van der Waals surface area contributed by atoms with Crippen LogP contribution in [0.25, 0.3) is 0 Å². The van der Waals surface area contributed by atoms with Crippen molar-refractivity contribution < 1.29 is 80.2 Å². The van der Waals surface area contributed by atoms with E-state index in [0.29, 0.717) is 25.7 Å². The van der Waals surface area contributed by atoms with E-state index in [1.807, 2.05) is 0 Å². The van der Waals surface area contributed by atoms with Crippen LogP contribution in [0, 0.1) is 0 Å². The van der Waals surface area contributed by atoms with Gasteiger partial charge in [0.2, 0.25) is 0 Å². The Bertz CT molecular complexity index is 2070. The van der Waals surface area contributed by atoms with Gasteiger partial charge in [0, 0.05) is 25.7 Å². The zero-order valence-corrected chi connectivity index (χ0v) is 61.2. The van der Waals surface area contributed by atoms with Crippen molar-refractivity contribution >= 4 is 39.5 Å². The lowest BCUT2D eigenvalue weighted by Gasteiger charge is -2.21. The van der Waals surface area contributed by atoms with Gasteiger partial charge in [-0.1, -0.05) is 255 Å². The standard InChI is InChI=1S/C75H134O17P2/c1-5-9-13-17-21-25-29-32-33-34-35-38-41-44-48-52-56-60-73(78)86-66-71(92-75(80)62-58-54-50-46-42-37-31-27-23-19-15-11-7-3)68-90-94(83,84)88-64-69(76)63-87-93(81,82)89-67-70(91-74(79)61-57-53-49-45-39-28-24-20-16-12-8-4)65-85-72(77)59-55-51-47-43-40-36-30-26-22-18-14-10-6-2/h9,13,21,25-27,30-33,35,38,69-71,76H,5-8,10-12,14-20,22-24,28-29,34,36-37,39-68H2,1-4H3,(H,81,82)(H,83,84)/b13-9-,25-21-,30-26-,31-27-,33-32-,38-35-. The highest BCUT2D eigenvalue weighted by Crippen LogP contribution is 2.45. The minimum atomic E-state index is -4.97. The van der Waals surface area contributed by atoms with Crippen molar-refractivity contribution in [1.29, 1.82) is 0 Å². The Morgan fingerprint density at radius 2 is 0.553 bits per heavy atom. The highest BCUT2D eigenvalue weighted by atomic mass is 31.2. The van der Waals surface area contributed by atoms with Crippen LogP contribution < -0.4 is 0 Å². The molecule has 17 nitrogen and oxygen atoms in total. The Morgan fingerprint density at radius 3 is 0.872 bits per heavy atom. The highest BCUT2D eigenvalue weighted by molar-refractivity contribution is 7.47. The number of allylic oxidation sites excluding steroid dienone is 12. The third-order valence-electron chi connectivity index (χ3n) is 15.7. The second-order valence-corrected chi connectivity index (χ2v) is 27.8. The van der Waals surface area contributed by atoms with Gasteiger partial charge in [-0.15, -0.1) is 0 Å². The van der Waals surface area contributed by atoms with Crippen LogP contribution in [0.15, 0.2) is 72.9 Å². The van der Waals surface area contributed by atoms with Gasteiger partial charge in [-0.05, 0) is 116 Å². The maximum Gasteiger partial charge on any atom is 0.472 e. The van der Waals surface area contributed by atoms with Gasteiger partial charge < -0.3 is 33.8 Å². The molecule has 5 atom stereocenters. The van der Waals surface area contributed by atoms with E-state index >= 15 is 0 Å². The molecule has 5 unspecified atom stereocenters. The van der Waals surface area contributed by atoms with E-state index in [1.165, 1.54) is 89.9 Å². The van der Waals surface area contributed by atoms with Crippen LogP contribution in [0.4, 0.5) is 0 Å². The Morgan fingerprint density at radius 1 is 0.309 bits per heavy atom. The summed E-state index contributed by atoms with van der Waals surface area (Å²) >= 11 is 0. The van der Waals surface area contributed by atoms with Gasteiger partial charge in [-0.2, -0.15) is 0 Å². The van der Waals surface area contributed by atoms with Crippen LogP contribution in [0.2, 0.25) is 0 Å². The second kappa shape index (κ2) is 68.0. The third kappa shape index (κ3) is 67.1. The molecule has 94 heavy (non-hydrogen) atoms. The molecule has 0 aromatic heterocycles. The minimum absolute atomic E-state index is 0.0812. The number of carbonyl (C=O) groups is 4. The fourth-order valence-corrected chi connectivity index (χ4v) is 11.5. The van der Waals surface area contributed by atoms with Crippen LogP contribution in [-0.2, 0) is 65.4 Å². The van der Waals surface area contributed by atoms with Gasteiger partial charge in [-0.25, -0.2) is 9.13 Å². The maximum atomic E-state index is 13.0. The lowest BCUT2D eigenvalue weighted by molar-refractivity contribution is -0.161. The van der Waals surface area contributed by atoms with Gasteiger partial charge in [0.25, 0.3) is 0 Å². The van der Waals surface area contributed by atoms with E-state index < -0.39 is 97.5 Å². The molecule has 3 N–H and O–H groups in total. The summed E-state index contributed by atoms with van der Waals surface area (Å²) < 4.78 is 68.3. The molecular formula is C75H134O17P2. The Kier molecular flexibility index (Phi) is 65.5. The lowest BCUT2D eigenvalue weighted by atomic mass is 10.1. The molecule has 0 bridgehead atoms. The van der Waals surface area contributed by atoms with Crippen molar-refractivity contribution in [2.75, 3.05) is 39.6 Å². The molecule has 0 saturated heterocycles. The van der Waals surface area contributed by atoms with Crippen molar-refractivity contribution in [2.24, 2.45) is 0 Å². The molecule has 0 spiro atoms. The molecule has 0 aromatic rings. The number of hydrogen-bond donors (Lipinski definition) is 3. The molecule has 0 rings (SSSR count). The van der Waals surface area contributed by atoms with Gasteiger partial charge >= 0.3 is 39.5 Å². The minimum Gasteiger partial charge on any atom is -0.462 e. The maximum absolute atomic E-state index is 13.0. The van der Waals surface area contributed by atoms with Gasteiger partial charge in [0.1, 0.15) is 19.3 Å². The summed E-state index contributed by atoms with van der Waals surface area (Å²) in [6.07, 6.45) is 66.1. The fraction of sp³-hybridized carbons (Fsp3) is 0.787. The molecule has 0 amide bonds. The first-order valence-electron chi connectivity index (χ1n) is 37.2. The number of ether oxygens (including phenoxy) is 4. The summed E-state index contributed by atoms with van der Waals surface area (Å²) in [4.78, 5) is 72.7. The Hall–Kier alpha value is -3.50. The van der Waals surface area contributed by atoms with E-state index in [0.717, 1.165) is 154 Å². The van der Waals surface area contributed by atoms with E-state index in [-0.39, 0.29) is 25.7 Å². The quantitative estimate of drug-likeness (QED) is 0.0169. The SMILES string of the molecule is CC/C=C\C/C=C\C/C=C\C/C=C\CCCCCCC(=O)OCC(COP(=O)(O)OCC(O)COP(=O)(O)OCC(COC(=O)CCCCCCC/C=C\CCCCCC)OC(=O)CCCCCCCCCCCCC)OC(=O)CCCCCCC/C=C\CCCCCC. The van der Waals surface area contributed by atoms with E-state index in [1.54, 1.807) is 0 Å². The van der Waals surface area contributed by atoms with Gasteiger partial charge in [0.15, 0.2) is 12.2 Å². The molecule has 546 valence electrons. The summed E-state index contributed by atoms with van der Waals surface area (Å²) in [7, 11) is -9.94. The zero-order valence-electron chi connectivity index (χ0n) is 59.4. The van der Waals surface area contributed by atoms with Crippen LogP contribution in [0.1, 0.15) is 323 Å². The van der Waals surface area contributed by atoms with Crippen molar-refractivity contribution in [3.63, 3.8) is 0 Å². The molecule has 0 radical (unpaired) electrons. The fourth-order valence-electron chi connectivity index (χ4n) is 9.97. The molecule has 0 aliphatic rings. The number of aliphatic hydroxyl groups excluding tert-OH is 1. The van der Waals surface area contributed by atoms with E-state index in [9.17, 15) is 43.2 Å². The number of esters is 4. The number of aliphatic hydroxyl groups is 1. The number of hydrogen-bond acceptors (Lipinski definition) is 15. The highest BCUT2D eigenvalue weighted by Gasteiger charge is 2.30. The third-order valence-corrected chi connectivity index (χ3v) is 17.6. The van der Waals surface area contributed by atoms with Crippen LogP contribution in [0.5, 0.6) is 0 Å². The monoisotopic (exact) mass is 1370 g/mol. The smallest absolute Gasteiger partial charge is 0.462 e. The Balaban J connectivity index is 5.32. The number of carbonyl (C=O) groups excluding carboxylic acids is 4. The molecule has 0 aromatic carbocycles. The summed E-state index contributed by atoms with van der Waals surface area (Å²) in [6, 6.07) is 0. The zero-order chi connectivity index (χ0) is 69.0. The first-order valence-corrected chi connectivity index (χ1v) is 40.2. The molecule has 19 heteroatoms. The van der Waals surface area contributed by atoms with E-state index in [2.05, 4.69) is 101 Å². The van der Waals surface area contributed by atoms with Crippen LogP contribution in [0.3, 0.4) is 0 Å². The number of phosphoric acid groups is 2. The number of unbranched alkanes of at least 4 members (excludes halogenated alkanes) is 32. The molecule has 0 aliphatic carbocycles. The average molecular weight is 1370 g/mol. The number of rotatable bonds is 70. The summed E-state index contributed by atoms with van der Waals surface area (Å²) in [5.74, 6) is -2.20. The summed E-state index contributed by atoms with van der Waals surface area (Å²) in [5, 5.41) is 10.6. The second-order valence-electron chi connectivity index (χ2n) is 24.9. The van der Waals surface area contributed by atoms with Crippen molar-refractivity contribution in [2.45, 2.75) is 341 Å². The molecule has 0 fully saturated rings. The Labute approximate surface area is 571 Å². The molecule has 0 aliphatic heterocycles. The predicted molar refractivity (Wildman–Crippen MR) is 381 cm³/mol. The average Bonchev–Trinajstić information content (AvgIpc) is 2.15. The van der Waals surface area contributed by atoms with Crippen LogP contribution in [-0.4, -0.2) is 96.7 Å². The largest absolute Gasteiger partial charge is 0.472 e. The van der Waals surface area contributed by atoms with Crippen molar-refractivity contribution in [1.82, 2.24) is 0 Å². The summed E-state index contributed by atoms with van der Waals surface area (Å²) in [5.41, 5.74) is 0. The van der Waals surface area contributed by atoms with Gasteiger partial charge in [-0.3, -0.25) is 37.3 Å². The lowest BCUT2D eigenvalue weighted by Crippen LogP contribution is -2.30.